The van der Waals surface area contributed by atoms with E-state index < -0.39 is 14.8 Å². The van der Waals surface area contributed by atoms with Crippen molar-refractivity contribution < 1.29 is 18.1 Å². The Morgan fingerprint density at radius 3 is 2.73 bits per heavy atom. The van der Waals surface area contributed by atoms with Gasteiger partial charge < -0.3 is 14.9 Å². The molecule has 0 saturated carbocycles. The molecular weight excluding hydrogens is 310 g/mol. The van der Waals surface area contributed by atoms with Crippen LogP contribution >= 0.6 is 0 Å². The van der Waals surface area contributed by atoms with Crippen LogP contribution in [0.3, 0.4) is 0 Å². The lowest BCUT2D eigenvalue weighted by atomic mass is 10.3. The summed E-state index contributed by atoms with van der Waals surface area (Å²) < 4.78 is 30.4. The normalized spacial score (nSPS) is 11.4. The standard InChI is InChI=1S/C13H15N3O5S/c1-3-22(19,20)11-6-4-5-10(7-11)21-9-12-14-8-13(15(12)2)16(17)18/h4-8H,3,9H2,1-2H3. The zero-order valence-electron chi connectivity index (χ0n) is 12.1. The molecule has 1 aromatic carbocycles. The number of sulfone groups is 1. The molecule has 0 bridgehead atoms. The molecule has 0 amide bonds. The molecule has 0 spiro atoms. The van der Waals surface area contributed by atoms with Crippen molar-refractivity contribution in [2.24, 2.45) is 7.05 Å². The van der Waals surface area contributed by atoms with Gasteiger partial charge in [0.15, 0.2) is 16.4 Å². The summed E-state index contributed by atoms with van der Waals surface area (Å²) in [6, 6.07) is 6.12. The van der Waals surface area contributed by atoms with E-state index in [0.717, 1.165) is 6.20 Å². The first-order chi connectivity index (χ1) is 10.3. The quantitative estimate of drug-likeness (QED) is 0.591. The van der Waals surface area contributed by atoms with E-state index >= 15 is 0 Å². The summed E-state index contributed by atoms with van der Waals surface area (Å²) in [7, 11) is -1.79. The number of ether oxygens (including phenoxy) is 1. The van der Waals surface area contributed by atoms with Crippen molar-refractivity contribution >= 4 is 15.7 Å². The van der Waals surface area contributed by atoms with Gasteiger partial charge in [-0.1, -0.05) is 13.0 Å². The highest BCUT2D eigenvalue weighted by Gasteiger charge is 2.17. The van der Waals surface area contributed by atoms with Gasteiger partial charge in [-0.15, -0.1) is 0 Å². The average Bonchev–Trinajstić information content (AvgIpc) is 2.86. The van der Waals surface area contributed by atoms with Gasteiger partial charge >= 0.3 is 5.82 Å². The SMILES string of the molecule is CCS(=O)(=O)c1cccc(OCc2ncc([N+](=O)[O-])n2C)c1. The Balaban J connectivity index is 2.16. The molecule has 0 aliphatic rings. The lowest BCUT2D eigenvalue weighted by Crippen LogP contribution is -2.07. The minimum atomic E-state index is -3.31. The molecule has 0 radical (unpaired) electrons. The van der Waals surface area contributed by atoms with Gasteiger partial charge in [-0.3, -0.25) is 0 Å². The van der Waals surface area contributed by atoms with Crippen LogP contribution in [-0.2, 0) is 23.5 Å². The number of hydrogen-bond donors (Lipinski definition) is 0. The van der Waals surface area contributed by atoms with E-state index in [4.69, 9.17) is 4.74 Å². The summed E-state index contributed by atoms with van der Waals surface area (Å²) in [6.07, 6.45) is 1.15. The van der Waals surface area contributed by atoms with Gasteiger partial charge in [-0.05, 0) is 23.1 Å². The predicted molar refractivity (Wildman–Crippen MR) is 78.4 cm³/mol. The maximum Gasteiger partial charge on any atom is 0.342 e. The van der Waals surface area contributed by atoms with Crippen LogP contribution in [0.5, 0.6) is 5.75 Å². The Hall–Kier alpha value is -2.42. The molecule has 22 heavy (non-hydrogen) atoms. The minimum Gasteiger partial charge on any atom is -0.483 e. The predicted octanol–water partition coefficient (Wildman–Crippen LogP) is 1.70. The van der Waals surface area contributed by atoms with Gasteiger partial charge in [0.25, 0.3) is 0 Å². The number of aromatic nitrogens is 2. The molecule has 0 unspecified atom stereocenters. The molecule has 0 aliphatic carbocycles. The van der Waals surface area contributed by atoms with Gasteiger partial charge in [0.05, 0.1) is 17.7 Å². The summed E-state index contributed by atoms with van der Waals surface area (Å²) in [5.74, 6) is 0.596. The Kier molecular flexibility index (Phi) is 4.45. The van der Waals surface area contributed by atoms with Crippen molar-refractivity contribution in [3.63, 3.8) is 0 Å². The van der Waals surface area contributed by atoms with Crippen molar-refractivity contribution in [1.29, 1.82) is 0 Å². The average molecular weight is 325 g/mol. The second-order valence-electron chi connectivity index (χ2n) is 4.52. The summed E-state index contributed by atoms with van der Waals surface area (Å²) in [4.78, 5) is 14.3. The first-order valence-corrected chi connectivity index (χ1v) is 8.11. The van der Waals surface area contributed by atoms with Crippen molar-refractivity contribution in [1.82, 2.24) is 9.55 Å². The van der Waals surface area contributed by atoms with E-state index in [1.54, 1.807) is 19.1 Å². The van der Waals surface area contributed by atoms with Gasteiger partial charge in [0.1, 0.15) is 11.9 Å². The number of rotatable bonds is 6. The summed E-state index contributed by atoms with van der Waals surface area (Å²) in [5.41, 5.74) is 0. The molecule has 9 heteroatoms. The highest BCUT2D eigenvalue weighted by atomic mass is 32.2. The van der Waals surface area contributed by atoms with E-state index in [9.17, 15) is 18.5 Å². The fraction of sp³-hybridized carbons (Fsp3) is 0.308. The lowest BCUT2D eigenvalue weighted by molar-refractivity contribution is -0.391. The molecule has 0 N–H and O–H groups in total. The number of nitro groups is 1. The minimum absolute atomic E-state index is 0.0000338. The zero-order valence-corrected chi connectivity index (χ0v) is 12.9. The first-order valence-electron chi connectivity index (χ1n) is 6.45. The van der Waals surface area contributed by atoms with E-state index in [2.05, 4.69) is 4.98 Å². The topological polar surface area (TPSA) is 104 Å². The number of imidazole rings is 1. The molecule has 0 aliphatic heterocycles. The molecule has 0 atom stereocenters. The Morgan fingerprint density at radius 2 is 2.14 bits per heavy atom. The fourth-order valence-corrected chi connectivity index (χ4v) is 2.73. The number of hydrogen-bond acceptors (Lipinski definition) is 6. The van der Waals surface area contributed by atoms with Crippen LogP contribution in [0.4, 0.5) is 5.82 Å². The van der Waals surface area contributed by atoms with Crippen molar-refractivity contribution in [2.45, 2.75) is 18.4 Å². The van der Waals surface area contributed by atoms with E-state index in [-0.39, 0.29) is 23.1 Å². The third-order valence-corrected chi connectivity index (χ3v) is 4.89. The smallest absolute Gasteiger partial charge is 0.342 e. The van der Waals surface area contributed by atoms with Gasteiger partial charge in [0.2, 0.25) is 5.82 Å². The lowest BCUT2D eigenvalue weighted by Gasteiger charge is -2.07. The maximum absolute atomic E-state index is 11.8. The Bertz CT molecular complexity index is 798. The van der Waals surface area contributed by atoms with Crippen LogP contribution in [0, 0.1) is 10.1 Å². The molecule has 2 aromatic rings. The Labute approximate surface area is 127 Å². The van der Waals surface area contributed by atoms with Crippen LogP contribution in [0.1, 0.15) is 12.7 Å². The molecule has 0 fully saturated rings. The first kappa shape index (κ1) is 16.0. The number of benzene rings is 1. The van der Waals surface area contributed by atoms with Crippen molar-refractivity contribution in [3.8, 4) is 5.75 Å². The number of nitrogens with zero attached hydrogens (tertiary/aromatic N) is 3. The van der Waals surface area contributed by atoms with Crippen molar-refractivity contribution in [2.75, 3.05) is 5.75 Å². The third kappa shape index (κ3) is 3.25. The maximum atomic E-state index is 11.8. The van der Waals surface area contributed by atoms with Gasteiger partial charge in [-0.2, -0.15) is 0 Å². The molecule has 1 aromatic heterocycles. The van der Waals surface area contributed by atoms with Gasteiger partial charge in [-0.25, -0.2) is 18.0 Å². The summed E-state index contributed by atoms with van der Waals surface area (Å²) in [6.45, 7) is 1.57. The molecule has 0 saturated heterocycles. The van der Waals surface area contributed by atoms with Crippen molar-refractivity contribution in [3.05, 3.63) is 46.4 Å². The molecule has 8 nitrogen and oxygen atoms in total. The summed E-state index contributed by atoms with van der Waals surface area (Å²) >= 11 is 0. The van der Waals surface area contributed by atoms with Crippen LogP contribution in [0.25, 0.3) is 0 Å². The second-order valence-corrected chi connectivity index (χ2v) is 6.79. The van der Waals surface area contributed by atoms with E-state index in [1.807, 2.05) is 0 Å². The molecule has 118 valence electrons. The second kappa shape index (κ2) is 6.14. The molecule has 2 rings (SSSR count). The largest absolute Gasteiger partial charge is 0.483 e. The highest BCUT2D eigenvalue weighted by Crippen LogP contribution is 2.20. The highest BCUT2D eigenvalue weighted by molar-refractivity contribution is 7.91. The Morgan fingerprint density at radius 1 is 1.41 bits per heavy atom. The van der Waals surface area contributed by atoms with Crippen LogP contribution in [-0.4, -0.2) is 28.6 Å². The monoisotopic (exact) mass is 325 g/mol. The van der Waals surface area contributed by atoms with Crippen LogP contribution in [0.15, 0.2) is 35.4 Å². The van der Waals surface area contributed by atoms with Crippen LogP contribution < -0.4 is 4.74 Å². The molecule has 1 heterocycles. The zero-order chi connectivity index (χ0) is 16.3. The van der Waals surface area contributed by atoms with Gasteiger partial charge in [0, 0.05) is 0 Å². The third-order valence-electron chi connectivity index (χ3n) is 3.16. The van der Waals surface area contributed by atoms with E-state index in [0.29, 0.717) is 11.6 Å². The summed E-state index contributed by atoms with van der Waals surface area (Å²) in [5, 5.41) is 10.7. The van der Waals surface area contributed by atoms with E-state index in [1.165, 1.54) is 23.7 Å². The molecular formula is C13H15N3O5S. The van der Waals surface area contributed by atoms with Crippen LogP contribution in [0.2, 0.25) is 0 Å². The fourth-order valence-electron chi connectivity index (χ4n) is 1.81.